The third kappa shape index (κ3) is 8.85. The predicted octanol–water partition coefficient (Wildman–Crippen LogP) is 3.05. The summed E-state index contributed by atoms with van der Waals surface area (Å²) in [7, 11) is 2.16. The smallest absolute Gasteiger partial charge is 0.193 e. The van der Waals surface area contributed by atoms with Gasteiger partial charge >= 0.3 is 0 Å². The monoisotopic (exact) mass is 454 g/mol. The standard InChI is InChI=1S/C18H38N4O.HI/c1-6-19-18(20-15-16(4)22(7-2)8-3)21(5)12-9-17-10-13-23-14-11-17;/h16-17H,6-15H2,1-5H3,(H,19,20);1H. The zero-order valence-electron chi connectivity index (χ0n) is 16.4. The molecule has 144 valence electrons. The fourth-order valence-corrected chi connectivity index (χ4v) is 3.17. The van der Waals surface area contributed by atoms with Crippen molar-refractivity contribution in [2.75, 3.05) is 53.0 Å². The van der Waals surface area contributed by atoms with Gasteiger partial charge in [0.2, 0.25) is 0 Å². The van der Waals surface area contributed by atoms with Crippen LogP contribution in [0.25, 0.3) is 0 Å². The first-order valence-electron chi connectivity index (χ1n) is 9.43. The summed E-state index contributed by atoms with van der Waals surface area (Å²) < 4.78 is 5.45. The average Bonchev–Trinajstić information content (AvgIpc) is 2.58. The molecule has 1 atom stereocenters. The molecule has 0 bridgehead atoms. The van der Waals surface area contributed by atoms with Crippen LogP contribution in [0, 0.1) is 5.92 Å². The SMILES string of the molecule is CCNC(=NCC(C)N(CC)CC)N(C)CCC1CCOCC1.I. The molecule has 24 heavy (non-hydrogen) atoms. The summed E-state index contributed by atoms with van der Waals surface area (Å²) in [6, 6.07) is 0.488. The van der Waals surface area contributed by atoms with Crippen molar-refractivity contribution >= 4 is 29.9 Å². The highest BCUT2D eigenvalue weighted by molar-refractivity contribution is 14.0. The maximum Gasteiger partial charge on any atom is 0.193 e. The molecule has 1 aliphatic heterocycles. The van der Waals surface area contributed by atoms with Gasteiger partial charge in [-0.25, -0.2) is 0 Å². The summed E-state index contributed by atoms with van der Waals surface area (Å²) >= 11 is 0. The Balaban J connectivity index is 0.00000529. The van der Waals surface area contributed by atoms with Crippen LogP contribution in [0.3, 0.4) is 0 Å². The molecule has 0 aromatic carbocycles. The maximum absolute atomic E-state index is 5.45. The molecule has 1 saturated heterocycles. The van der Waals surface area contributed by atoms with Crippen LogP contribution < -0.4 is 5.32 Å². The van der Waals surface area contributed by atoms with Crippen molar-refractivity contribution in [3.8, 4) is 0 Å². The predicted molar refractivity (Wildman–Crippen MR) is 115 cm³/mol. The van der Waals surface area contributed by atoms with Crippen LogP contribution in [0.15, 0.2) is 4.99 Å². The van der Waals surface area contributed by atoms with Crippen LogP contribution in [-0.4, -0.2) is 74.8 Å². The van der Waals surface area contributed by atoms with E-state index < -0.39 is 0 Å². The molecule has 0 radical (unpaired) electrons. The van der Waals surface area contributed by atoms with Gasteiger partial charge in [0.15, 0.2) is 5.96 Å². The fourth-order valence-electron chi connectivity index (χ4n) is 3.17. The van der Waals surface area contributed by atoms with Gasteiger partial charge in [-0.1, -0.05) is 13.8 Å². The van der Waals surface area contributed by atoms with E-state index in [1.165, 1.54) is 19.3 Å². The van der Waals surface area contributed by atoms with Gasteiger partial charge in [-0.05, 0) is 52.1 Å². The van der Waals surface area contributed by atoms with Gasteiger partial charge in [0.1, 0.15) is 0 Å². The van der Waals surface area contributed by atoms with E-state index in [2.05, 4.69) is 49.9 Å². The van der Waals surface area contributed by atoms with Crippen molar-refractivity contribution in [1.82, 2.24) is 15.1 Å². The summed E-state index contributed by atoms with van der Waals surface area (Å²) in [5.41, 5.74) is 0. The Bertz CT molecular complexity index is 331. The molecule has 0 spiro atoms. The maximum atomic E-state index is 5.45. The summed E-state index contributed by atoms with van der Waals surface area (Å²) in [5.74, 6) is 1.85. The van der Waals surface area contributed by atoms with Crippen molar-refractivity contribution in [2.24, 2.45) is 10.9 Å². The van der Waals surface area contributed by atoms with Crippen LogP contribution in [-0.2, 0) is 4.74 Å². The normalized spacial score (nSPS) is 17.5. The van der Waals surface area contributed by atoms with Gasteiger partial charge in [-0.2, -0.15) is 0 Å². The topological polar surface area (TPSA) is 40.1 Å². The highest BCUT2D eigenvalue weighted by Crippen LogP contribution is 2.18. The van der Waals surface area contributed by atoms with Gasteiger partial charge in [0, 0.05) is 39.4 Å². The Hall–Kier alpha value is -0.0800. The van der Waals surface area contributed by atoms with Gasteiger partial charge < -0.3 is 15.0 Å². The van der Waals surface area contributed by atoms with Gasteiger partial charge in [0.25, 0.3) is 0 Å². The Morgan fingerprint density at radius 1 is 1.21 bits per heavy atom. The molecule has 0 amide bonds. The van der Waals surface area contributed by atoms with Crippen molar-refractivity contribution < 1.29 is 4.74 Å². The molecule has 0 aliphatic carbocycles. The Morgan fingerprint density at radius 2 is 1.83 bits per heavy atom. The lowest BCUT2D eigenvalue weighted by molar-refractivity contribution is 0.0625. The van der Waals surface area contributed by atoms with E-state index >= 15 is 0 Å². The molecule has 1 heterocycles. The number of ether oxygens (including phenoxy) is 1. The minimum atomic E-state index is 0. The third-order valence-corrected chi connectivity index (χ3v) is 4.85. The quantitative estimate of drug-likeness (QED) is 0.330. The van der Waals surface area contributed by atoms with Crippen LogP contribution in [0.2, 0.25) is 0 Å². The van der Waals surface area contributed by atoms with Crippen molar-refractivity contribution in [3.05, 3.63) is 0 Å². The summed E-state index contributed by atoms with van der Waals surface area (Å²) in [6.07, 6.45) is 3.65. The molecule has 1 unspecified atom stereocenters. The average molecular weight is 454 g/mol. The van der Waals surface area contributed by atoms with Crippen molar-refractivity contribution in [1.29, 1.82) is 0 Å². The summed E-state index contributed by atoms with van der Waals surface area (Å²) in [5, 5.41) is 3.43. The number of aliphatic imine (C=N–C) groups is 1. The zero-order valence-corrected chi connectivity index (χ0v) is 18.7. The van der Waals surface area contributed by atoms with Crippen molar-refractivity contribution in [2.45, 2.75) is 53.0 Å². The zero-order chi connectivity index (χ0) is 17.1. The summed E-state index contributed by atoms with van der Waals surface area (Å²) in [4.78, 5) is 9.60. The van der Waals surface area contributed by atoms with Crippen LogP contribution in [0.4, 0.5) is 0 Å². The highest BCUT2D eigenvalue weighted by Gasteiger charge is 2.16. The minimum Gasteiger partial charge on any atom is -0.381 e. The third-order valence-electron chi connectivity index (χ3n) is 4.85. The number of halogens is 1. The molecule has 1 rings (SSSR count). The largest absolute Gasteiger partial charge is 0.381 e. The van der Waals surface area contributed by atoms with E-state index in [0.717, 1.165) is 57.8 Å². The van der Waals surface area contributed by atoms with E-state index in [1.807, 2.05) is 0 Å². The number of hydrogen-bond acceptors (Lipinski definition) is 3. The van der Waals surface area contributed by atoms with Crippen LogP contribution in [0.5, 0.6) is 0 Å². The van der Waals surface area contributed by atoms with E-state index in [9.17, 15) is 0 Å². The second-order valence-electron chi connectivity index (χ2n) is 6.53. The summed E-state index contributed by atoms with van der Waals surface area (Å²) in [6.45, 7) is 15.7. The minimum absolute atomic E-state index is 0. The second kappa shape index (κ2) is 14.1. The fraction of sp³-hybridized carbons (Fsp3) is 0.944. The highest BCUT2D eigenvalue weighted by atomic mass is 127. The lowest BCUT2D eigenvalue weighted by atomic mass is 9.96. The van der Waals surface area contributed by atoms with Gasteiger partial charge in [-0.15, -0.1) is 24.0 Å². The lowest BCUT2D eigenvalue weighted by Crippen LogP contribution is -2.41. The van der Waals surface area contributed by atoms with E-state index in [-0.39, 0.29) is 24.0 Å². The second-order valence-corrected chi connectivity index (χ2v) is 6.53. The Morgan fingerprint density at radius 3 is 2.38 bits per heavy atom. The number of nitrogens with zero attached hydrogens (tertiary/aromatic N) is 3. The lowest BCUT2D eigenvalue weighted by Gasteiger charge is -2.28. The first-order valence-corrected chi connectivity index (χ1v) is 9.43. The molecule has 0 aromatic heterocycles. The van der Waals surface area contributed by atoms with Crippen LogP contribution >= 0.6 is 24.0 Å². The first-order chi connectivity index (χ1) is 11.1. The molecule has 1 aliphatic rings. The van der Waals surface area contributed by atoms with E-state index in [0.29, 0.717) is 6.04 Å². The number of rotatable bonds is 9. The number of nitrogens with one attached hydrogen (secondary N) is 1. The Labute approximate surface area is 166 Å². The molecule has 0 saturated carbocycles. The van der Waals surface area contributed by atoms with Crippen LogP contribution in [0.1, 0.15) is 47.0 Å². The molecule has 6 heteroatoms. The van der Waals surface area contributed by atoms with Gasteiger partial charge in [-0.3, -0.25) is 9.89 Å². The molecule has 1 N–H and O–H groups in total. The van der Waals surface area contributed by atoms with Gasteiger partial charge in [0.05, 0.1) is 6.54 Å². The Kier molecular flexibility index (Phi) is 14.1. The number of guanidine groups is 1. The number of hydrogen-bond donors (Lipinski definition) is 1. The molecule has 5 nitrogen and oxygen atoms in total. The number of likely N-dealkylation sites (N-methyl/N-ethyl adjacent to an activating group) is 1. The molecule has 1 fully saturated rings. The molecular formula is C18H39IN4O. The van der Waals surface area contributed by atoms with Crippen molar-refractivity contribution in [3.63, 3.8) is 0 Å². The van der Waals surface area contributed by atoms with E-state index in [4.69, 9.17) is 9.73 Å². The first kappa shape index (κ1) is 23.9. The molecular weight excluding hydrogens is 415 g/mol. The van der Waals surface area contributed by atoms with E-state index in [1.54, 1.807) is 0 Å². The molecule has 0 aromatic rings.